The minimum atomic E-state index is 0.284. The normalized spacial score (nSPS) is 21.0. The molecule has 1 saturated carbocycles. The maximum atomic E-state index is 5.43. The molecule has 2 nitrogen and oxygen atoms in total. The predicted molar refractivity (Wildman–Crippen MR) is 64.8 cm³/mol. The zero-order chi connectivity index (χ0) is 10.9. The summed E-state index contributed by atoms with van der Waals surface area (Å²) in [4.78, 5) is 0. The molecule has 1 aromatic rings. The van der Waals surface area contributed by atoms with Crippen molar-refractivity contribution in [3.63, 3.8) is 0 Å². The molecule has 0 amide bonds. The molecule has 1 heterocycles. The maximum absolute atomic E-state index is 5.43. The van der Waals surface area contributed by atoms with Crippen molar-refractivity contribution in [1.29, 1.82) is 0 Å². The molecule has 0 aliphatic heterocycles. The Morgan fingerprint density at radius 1 is 1.60 bits per heavy atom. The van der Waals surface area contributed by atoms with E-state index in [1.807, 2.05) is 6.07 Å². The quantitative estimate of drug-likeness (QED) is 0.899. The van der Waals surface area contributed by atoms with Gasteiger partial charge in [-0.3, -0.25) is 0 Å². The Morgan fingerprint density at radius 2 is 2.33 bits per heavy atom. The zero-order valence-corrected chi connectivity index (χ0v) is 10.9. The fourth-order valence-corrected chi connectivity index (χ4v) is 2.61. The highest BCUT2D eigenvalue weighted by Crippen LogP contribution is 2.40. The molecule has 0 bridgehead atoms. The van der Waals surface area contributed by atoms with Crippen LogP contribution in [-0.4, -0.2) is 6.54 Å². The van der Waals surface area contributed by atoms with E-state index in [1.54, 1.807) is 6.26 Å². The van der Waals surface area contributed by atoms with E-state index in [9.17, 15) is 0 Å². The Labute approximate surface area is 99.6 Å². The van der Waals surface area contributed by atoms with Crippen LogP contribution in [0.25, 0.3) is 0 Å². The highest BCUT2D eigenvalue weighted by Gasteiger charge is 2.31. The molecule has 1 atom stereocenters. The van der Waals surface area contributed by atoms with Crippen LogP contribution in [0.1, 0.15) is 44.9 Å². The molecule has 0 saturated heterocycles. The van der Waals surface area contributed by atoms with Crippen molar-refractivity contribution in [2.45, 2.75) is 39.2 Å². The number of rotatable bonds is 4. The van der Waals surface area contributed by atoms with Crippen molar-refractivity contribution in [3.8, 4) is 0 Å². The molecule has 0 aromatic carbocycles. The monoisotopic (exact) mass is 271 g/mol. The van der Waals surface area contributed by atoms with E-state index in [0.717, 1.165) is 16.8 Å². The summed E-state index contributed by atoms with van der Waals surface area (Å²) in [5.41, 5.74) is 0.521. The predicted octanol–water partition coefficient (Wildman–Crippen LogP) is 3.88. The van der Waals surface area contributed by atoms with Crippen molar-refractivity contribution < 1.29 is 4.42 Å². The minimum Gasteiger partial charge on any atom is -0.466 e. The Balaban J connectivity index is 1.87. The summed E-state index contributed by atoms with van der Waals surface area (Å²) < 4.78 is 6.49. The number of halogens is 1. The van der Waals surface area contributed by atoms with E-state index in [0.29, 0.717) is 5.41 Å². The van der Waals surface area contributed by atoms with E-state index in [-0.39, 0.29) is 6.04 Å². The van der Waals surface area contributed by atoms with Crippen LogP contribution in [0.4, 0.5) is 0 Å². The van der Waals surface area contributed by atoms with Gasteiger partial charge in [0.05, 0.1) is 16.8 Å². The topological polar surface area (TPSA) is 25.2 Å². The Hall–Kier alpha value is -0.280. The van der Waals surface area contributed by atoms with Crippen molar-refractivity contribution in [1.82, 2.24) is 5.32 Å². The lowest BCUT2D eigenvalue weighted by atomic mass is 9.70. The molecule has 2 rings (SSSR count). The van der Waals surface area contributed by atoms with Gasteiger partial charge in [0.25, 0.3) is 0 Å². The SMILES string of the molecule is CC(NCC1(C)CCC1)c1occc1Br. The summed E-state index contributed by atoms with van der Waals surface area (Å²) in [5, 5.41) is 3.54. The highest BCUT2D eigenvalue weighted by atomic mass is 79.9. The van der Waals surface area contributed by atoms with E-state index in [1.165, 1.54) is 19.3 Å². The van der Waals surface area contributed by atoms with E-state index in [2.05, 4.69) is 35.1 Å². The van der Waals surface area contributed by atoms with Crippen molar-refractivity contribution in [3.05, 3.63) is 22.6 Å². The summed E-state index contributed by atoms with van der Waals surface area (Å²) in [7, 11) is 0. The Kier molecular flexibility index (Phi) is 3.21. The molecule has 1 aliphatic rings. The third kappa shape index (κ3) is 2.45. The molecule has 1 aromatic heterocycles. The number of hydrogen-bond acceptors (Lipinski definition) is 2. The van der Waals surface area contributed by atoms with E-state index >= 15 is 0 Å². The van der Waals surface area contributed by atoms with Crippen LogP contribution in [0.2, 0.25) is 0 Å². The van der Waals surface area contributed by atoms with Crippen LogP contribution in [0.15, 0.2) is 21.2 Å². The molecule has 3 heteroatoms. The van der Waals surface area contributed by atoms with Crippen LogP contribution in [0, 0.1) is 5.41 Å². The molecule has 1 aliphatic carbocycles. The van der Waals surface area contributed by atoms with Gasteiger partial charge in [0.15, 0.2) is 0 Å². The molecule has 0 radical (unpaired) electrons. The third-order valence-electron chi connectivity index (χ3n) is 3.43. The summed E-state index contributed by atoms with van der Waals surface area (Å²) in [6, 6.07) is 2.23. The van der Waals surface area contributed by atoms with Crippen molar-refractivity contribution in [2.24, 2.45) is 5.41 Å². The first kappa shape index (κ1) is 11.2. The molecule has 1 fully saturated rings. The number of furan rings is 1. The van der Waals surface area contributed by atoms with Crippen molar-refractivity contribution in [2.75, 3.05) is 6.54 Å². The van der Waals surface area contributed by atoms with Gasteiger partial charge in [0, 0.05) is 6.54 Å². The molecule has 1 N–H and O–H groups in total. The van der Waals surface area contributed by atoms with Crippen LogP contribution in [-0.2, 0) is 0 Å². The van der Waals surface area contributed by atoms with E-state index < -0.39 is 0 Å². The summed E-state index contributed by atoms with van der Waals surface area (Å²) in [6.45, 7) is 5.58. The summed E-state index contributed by atoms with van der Waals surface area (Å²) in [5.74, 6) is 0.998. The van der Waals surface area contributed by atoms with Gasteiger partial charge in [-0.25, -0.2) is 0 Å². The lowest BCUT2D eigenvalue weighted by Crippen LogP contribution is -2.38. The van der Waals surface area contributed by atoms with Crippen LogP contribution < -0.4 is 5.32 Å². The second kappa shape index (κ2) is 4.30. The molecular formula is C12H18BrNO. The van der Waals surface area contributed by atoms with Crippen molar-refractivity contribution >= 4 is 15.9 Å². The van der Waals surface area contributed by atoms with Gasteiger partial charge >= 0.3 is 0 Å². The van der Waals surface area contributed by atoms with Gasteiger partial charge in [-0.2, -0.15) is 0 Å². The second-order valence-electron chi connectivity index (χ2n) is 4.90. The molecule has 1 unspecified atom stereocenters. The number of hydrogen-bond donors (Lipinski definition) is 1. The lowest BCUT2D eigenvalue weighted by Gasteiger charge is -2.39. The average molecular weight is 272 g/mol. The minimum absolute atomic E-state index is 0.284. The fraction of sp³-hybridized carbons (Fsp3) is 0.667. The van der Waals surface area contributed by atoms with Gasteiger partial charge in [-0.05, 0) is 47.2 Å². The van der Waals surface area contributed by atoms with Gasteiger partial charge in [-0.1, -0.05) is 13.3 Å². The summed E-state index contributed by atoms with van der Waals surface area (Å²) >= 11 is 3.48. The first-order chi connectivity index (χ1) is 7.11. The molecule has 0 spiro atoms. The van der Waals surface area contributed by atoms with Crippen LogP contribution in [0.3, 0.4) is 0 Å². The maximum Gasteiger partial charge on any atom is 0.134 e. The molecular weight excluding hydrogens is 254 g/mol. The standard InChI is InChI=1S/C12H18BrNO/c1-9(11-10(13)4-7-15-11)14-8-12(2)5-3-6-12/h4,7,9,14H,3,5-6,8H2,1-2H3. The Morgan fingerprint density at radius 3 is 2.80 bits per heavy atom. The lowest BCUT2D eigenvalue weighted by molar-refractivity contribution is 0.150. The largest absolute Gasteiger partial charge is 0.466 e. The van der Waals surface area contributed by atoms with Gasteiger partial charge < -0.3 is 9.73 Å². The van der Waals surface area contributed by atoms with Crippen LogP contribution in [0.5, 0.6) is 0 Å². The first-order valence-corrected chi connectivity index (χ1v) is 6.36. The second-order valence-corrected chi connectivity index (χ2v) is 5.75. The smallest absolute Gasteiger partial charge is 0.134 e. The average Bonchev–Trinajstić information content (AvgIpc) is 2.58. The zero-order valence-electron chi connectivity index (χ0n) is 9.35. The first-order valence-electron chi connectivity index (χ1n) is 5.57. The fourth-order valence-electron chi connectivity index (χ4n) is 2.06. The van der Waals surface area contributed by atoms with Gasteiger partial charge in [0.1, 0.15) is 5.76 Å². The van der Waals surface area contributed by atoms with E-state index in [4.69, 9.17) is 4.42 Å². The molecule has 84 valence electrons. The molecule has 15 heavy (non-hydrogen) atoms. The third-order valence-corrected chi connectivity index (χ3v) is 4.09. The highest BCUT2D eigenvalue weighted by molar-refractivity contribution is 9.10. The number of nitrogens with one attached hydrogen (secondary N) is 1. The van der Waals surface area contributed by atoms with Crippen LogP contribution >= 0.6 is 15.9 Å². The summed E-state index contributed by atoms with van der Waals surface area (Å²) in [6.07, 6.45) is 5.82. The Bertz CT molecular complexity index is 330. The van der Waals surface area contributed by atoms with Gasteiger partial charge in [0.2, 0.25) is 0 Å². The van der Waals surface area contributed by atoms with Gasteiger partial charge in [-0.15, -0.1) is 0 Å².